The summed E-state index contributed by atoms with van der Waals surface area (Å²) < 4.78 is 0. The zero-order valence-corrected chi connectivity index (χ0v) is 11.8. The zero-order chi connectivity index (χ0) is 15.0. The molecule has 3 rings (SSSR count). The van der Waals surface area contributed by atoms with E-state index in [0.29, 0.717) is 11.4 Å². The molecule has 6 heteroatoms. The number of nitrogens with zero attached hydrogens (tertiary/aromatic N) is 3. The van der Waals surface area contributed by atoms with E-state index >= 15 is 0 Å². The monoisotopic (exact) mass is 287 g/mol. The molecule has 0 spiro atoms. The second-order valence-corrected chi connectivity index (χ2v) is 5.47. The summed E-state index contributed by atoms with van der Waals surface area (Å²) in [5, 5.41) is 21.5. The van der Waals surface area contributed by atoms with E-state index in [1.165, 1.54) is 6.07 Å². The number of pyridine rings is 1. The van der Waals surface area contributed by atoms with Crippen molar-refractivity contribution in [1.82, 2.24) is 4.98 Å². The van der Waals surface area contributed by atoms with Crippen molar-refractivity contribution in [2.24, 2.45) is 5.92 Å². The first kappa shape index (κ1) is 13.8. The SMILES string of the molecule is CC1CCN(c2ccnc3c([N+](=O)[O-])cccc23)C1CO. The number of aliphatic hydroxyl groups is 1. The Morgan fingerprint density at radius 1 is 1.48 bits per heavy atom. The number of aromatic nitrogens is 1. The molecule has 2 aromatic rings. The first-order valence-electron chi connectivity index (χ1n) is 7.03. The van der Waals surface area contributed by atoms with E-state index in [-0.39, 0.29) is 18.3 Å². The molecule has 1 saturated heterocycles. The van der Waals surface area contributed by atoms with Crippen LogP contribution in [0.3, 0.4) is 0 Å². The summed E-state index contributed by atoms with van der Waals surface area (Å²) in [6.45, 7) is 3.04. The van der Waals surface area contributed by atoms with Gasteiger partial charge >= 0.3 is 0 Å². The summed E-state index contributed by atoms with van der Waals surface area (Å²) in [6, 6.07) is 6.92. The van der Waals surface area contributed by atoms with Crippen LogP contribution < -0.4 is 4.90 Å². The van der Waals surface area contributed by atoms with Crippen LogP contribution >= 0.6 is 0 Å². The number of nitro benzene ring substituents is 1. The van der Waals surface area contributed by atoms with Crippen LogP contribution in [0.2, 0.25) is 0 Å². The van der Waals surface area contributed by atoms with Gasteiger partial charge in [0.1, 0.15) is 5.52 Å². The lowest BCUT2D eigenvalue weighted by Gasteiger charge is -2.28. The summed E-state index contributed by atoms with van der Waals surface area (Å²) in [5.74, 6) is 0.400. The largest absolute Gasteiger partial charge is 0.394 e. The van der Waals surface area contributed by atoms with Crippen LogP contribution in [0.5, 0.6) is 0 Å². The summed E-state index contributed by atoms with van der Waals surface area (Å²) in [7, 11) is 0. The van der Waals surface area contributed by atoms with E-state index in [2.05, 4.69) is 16.8 Å². The number of non-ortho nitro benzene ring substituents is 1. The molecule has 2 unspecified atom stereocenters. The fourth-order valence-corrected chi connectivity index (χ4v) is 3.13. The summed E-state index contributed by atoms with van der Waals surface area (Å²) in [6.07, 6.45) is 2.60. The molecule has 1 fully saturated rings. The van der Waals surface area contributed by atoms with Gasteiger partial charge in [0.2, 0.25) is 0 Å². The minimum Gasteiger partial charge on any atom is -0.394 e. The quantitative estimate of drug-likeness (QED) is 0.692. The molecule has 21 heavy (non-hydrogen) atoms. The van der Waals surface area contributed by atoms with Crippen LogP contribution in [-0.2, 0) is 0 Å². The van der Waals surface area contributed by atoms with Crippen molar-refractivity contribution in [3.63, 3.8) is 0 Å². The molecule has 1 aromatic heterocycles. The molecule has 1 aromatic carbocycles. The Balaban J connectivity index is 2.16. The third kappa shape index (κ3) is 2.21. The van der Waals surface area contributed by atoms with E-state index in [9.17, 15) is 15.2 Å². The molecule has 2 atom stereocenters. The molecular weight excluding hydrogens is 270 g/mol. The van der Waals surface area contributed by atoms with E-state index in [1.807, 2.05) is 12.1 Å². The van der Waals surface area contributed by atoms with Gasteiger partial charge in [-0.1, -0.05) is 19.1 Å². The maximum atomic E-state index is 11.1. The van der Waals surface area contributed by atoms with Gasteiger partial charge in [-0.25, -0.2) is 4.98 Å². The van der Waals surface area contributed by atoms with Crippen LogP contribution in [0.15, 0.2) is 30.5 Å². The second-order valence-electron chi connectivity index (χ2n) is 5.47. The number of anilines is 1. The third-order valence-corrected chi connectivity index (χ3v) is 4.30. The summed E-state index contributed by atoms with van der Waals surface area (Å²) in [4.78, 5) is 17.0. The van der Waals surface area contributed by atoms with Gasteiger partial charge in [0, 0.05) is 29.9 Å². The molecule has 2 heterocycles. The van der Waals surface area contributed by atoms with Crippen LogP contribution in [0, 0.1) is 16.0 Å². The fraction of sp³-hybridized carbons (Fsp3) is 0.400. The Labute approximate surface area is 122 Å². The number of hydrogen-bond donors (Lipinski definition) is 1. The van der Waals surface area contributed by atoms with E-state index in [4.69, 9.17) is 0 Å². The number of fused-ring (bicyclic) bond motifs is 1. The predicted octanol–water partition coefficient (Wildman–Crippen LogP) is 2.35. The number of para-hydroxylation sites is 1. The normalized spacial score (nSPS) is 21.9. The van der Waals surface area contributed by atoms with Gasteiger partial charge < -0.3 is 10.0 Å². The maximum Gasteiger partial charge on any atom is 0.295 e. The molecule has 1 N–H and O–H groups in total. The Bertz CT molecular complexity index is 689. The van der Waals surface area contributed by atoms with E-state index in [1.54, 1.807) is 12.3 Å². The highest BCUT2D eigenvalue weighted by molar-refractivity contribution is 5.96. The molecular formula is C15H17N3O3. The van der Waals surface area contributed by atoms with Crippen molar-refractivity contribution < 1.29 is 10.0 Å². The number of nitro groups is 1. The van der Waals surface area contributed by atoms with Gasteiger partial charge in [-0.15, -0.1) is 0 Å². The Morgan fingerprint density at radius 2 is 2.29 bits per heavy atom. The average Bonchev–Trinajstić information content (AvgIpc) is 2.86. The molecule has 110 valence electrons. The molecule has 0 amide bonds. The first-order chi connectivity index (χ1) is 10.1. The van der Waals surface area contributed by atoms with Crippen molar-refractivity contribution in [3.05, 3.63) is 40.6 Å². The van der Waals surface area contributed by atoms with Gasteiger partial charge in [0.15, 0.2) is 0 Å². The average molecular weight is 287 g/mol. The lowest BCUT2D eigenvalue weighted by molar-refractivity contribution is -0.383. The molecule has 0 bridgehead atoms. The highest BCUT2D eigenvalue weighted by Gasteiger charge is 2.32. The van der Waals surface area contributed by atoms with Gasteiger partial charge in [0.25, 0.3) is 5.69 Å². The molecule has 1 aliphatic rings. The van der Waals surface area contributed by atoms with Crippen LogP contribution in [0.25, 0.3) is 10.9 Å². The van der Waals surface area contributed by atoms with Crippen molar-refractivity contribution in [2.45, 2.75) is 19.4 Å². The zero-order valence-electron chi connectivity index (χ0n) is 11.8. The topological polar surface area (TPSA) is 79.5 Å². The fourth-order valence-electron chi connectivity index (χ4n) is 3.13. The molecule has 1 aliphatic heterocycles. The third-order valence-electron chi connectivity index (χ3n) is 4.30. The Hall–Kier alpha value is -2.21. The van der Waals surface area contributed by atoms with E-state index < -0.39 is 4.92 Å². The molecule has 6 nitrogen and oxygen atoms in total. The van der Waals surface area contributed by atoms with Crippen molar-refractivity contribution in [3.8, 4) is 0 Å². The van der Waals surface area contributed by atoms with Gasteiger partial charge in [0.05, 0.1) is 17.6 Å². The number of aliphatic hydroxyl groups excluding tert-OH is 1. The number of benzene rings is 1. The lowest BCUT2D eigenvalue weighted by atomic mass is 10.0. The lowest BCUT2D eigenvalue weighted by Crippen LogP contribution is -2.35. The molecule has 0 radical (unpaired) electrons. The van der Waals surface area contributed by atoms with Crippen molar-refractivity contribution in [1.29, 1.82) is 0 Å². The van der Waals surface area contributed by atoms with Crippen molar-refractivity contribution in [2.75, 3.05) is 18.1 Å². The number of rotatable bonds is 3. The Morgan fingerprint density at radius 3 is 3.00 bits per heavy atom. The second kappa shape index (κ2) is 5.29. The highest BCUT2D eigenvalue weighted by atomic mass is 16.6. The number of hydrogen-bond acceptors (Lipinski definition) is 5. The highest BCUT2D eigenvalue weighted by Crippen LogP contribution is 2.36. The van der Waals surface area contributed by atoms with Gasteiger partial charge in [-0.05, 0) is 18.4 Å². The molecule has 0 aliphatic carbocycles. The van der Waals surface area contributed by atoms with Gasteiger partial charge in [-0.3, -0.25) is 10.1 Å². The Kier molecular flexibility index (Phi) is 3.47. The van der Waals surface area contributed by atoms with Gasteiger partial charge in [-0.2, -0.15) is 0 Å². The minimum atomic E-state index is -0.407. The summed E-state index contributed by atoms with van der Waals surface area (Å²) in [5.41, 5.74) is 1.32. The smallest absolute Gasteiger partial charge is 0.295 e. The molecule has 0 saturated carbocycles. The predicted molar refractivity (Wildman–Crippen MR) is 80.4 cm³/mol. The summed E-state index contributed by atoms with van der Waals surface area (Å²) >= 11 is 0. The standard InChI is InChI=1S/C15H17N3O3/c1-10-6-8-17(14(10)9-19)12-5-7-16-15-11(12)3-2-4-13(15)18(20)21/h2-5,7,10,14,19H,6,8-9H2,1H3. The minimum absolute atomic E-state index is 0.0159. The van der Waals surface area contributed by atoms with Crippen LogP contribution in [0.4, 0.5) is 11.4 Å². The van der Waals surface area contributed by atoms with Crippen LogP contribution in [-0.4, -0.2) is 34.2 Å². The maximum absolute atomic E-state index is 11.1. The van der Waals surface area contributed by atoms with E-state index in [0.717, 1.165) is 24.0 Å². The first-order valence-corrected chi connectivity index (χ1v) is 7.03. The van der Waals surface area contributed by atoms with Crippen LogP contribution in [0.1, 0.15) is 13.3 Å². The van der Waals surface area contributed by atoms with Crippen molar-refractivity contribution >= 4 is 22.3 Å².